The summed E-state index contributed by atoms with van der Waals surface area (Å²) in [5, 5.41) is 2.92. The molecule has 1 heterocycles. The first-order valence-electron chi connectivity index (χ1n) is 7.45. The number of carbonyl (C=O) groups is 1. The summed E-state index contributed by atoms with van der Waals surface area (Å²) in [6.07, 6.45) is 0.949. The smallest absolute Gasteiger partial charge is 0.237 e. The first-order chi connectivity index (χ1) is 10.0. The predicted molar refractivity (Wildman–Crippen MR) is 85.1 cm³/mol. The maximum atomic E-state index is 12.0. The van der Waals surface area contributed by atoms with Crippen molar-refractivity contribution in [2.24, 2.45) is 0 Å². The molecule has 5 heteroatoms. The molecule has 0 aliphatic carbocycles. The number of likely N-dealkylation sites (N-methyl/N-ethyl adjacent to an activating group) is 1. The highest BCUT2D eigenvalue weighted by Crippen LogP contribution is 2.16. The van der Waals surface area contributed by atoms with Gasteiger partial charge in [0.15, 0.2) is 0 Å². The van der Waals surface area contributed by atoms with Crippen LogP contribution >= 0.6 is 0 Å². The van der Waals surface area contributed by atoms with Crippen molar-refractivity contribution in [3.05, 3.63) is 29.6 Å². The van der Waals surface area contributed by atoms with E-state index >= 15 is 0 Å². The van der Waals surface area contributed by atoms with Crippen LogP contribution in [0, 0.1) is 6.92 Å². The molecule has 2 N–H and O–H groups in total. The fourth-order valence-electron chi connectivity index (χ4n) is 2.27. The van der Waals surface area contributed by atoms with E-state index in [-0.39, 0.29) is 11.9 Å². The van der Waals surface area contributed by atoms with E-state index in [9.17, 15) is 4.79 Å². The molecule has 0 saturated heterocycles. The molecule has 1 aromatic heterocycles. The number of H-pyrrole nitrogens is 1. The molecule has 0 radical (unpaired) electrons. The number of fused-ring (bicyclic) bond motifs is 1. The second-order valence-electron chi connectivity index (χ2n) is 5.54. The van der Waals surface area contributed by atoms with E-state index in [1.165, 1.54) is 0 Å². The number of hydrogen-bond donors (Lipinski definition) is 2. The molecule has 0 spiro atoms. The molecular formula is C16H24N4O. The van der Waals surface area contributed by atoms with Gasteiger partial charge in [-0.1, -0.05) is 19.1 Å². The van der Waals surface area contributed by atoms with E-state index < -0.39 is 0 Å². The van der Waals surface area contributed by atoms with Crippen molar-refractivity contribution in [3.63, 3.8) is 0 Å². The molecule has 5 nitrogen and oxygen atoms in total. The van der Waals surface area contributed by atoms with Crippen molar-refractivity contribution in [1.29, 1.82) is 0 Å². The monoisotopic (exact) mass is 288 g/mol. The number of hydrogen-bond acceptors (Lipinski definition) is 3. The van der Waals surface area contributed by atoms with Crippen LogP contribution in [0.25, 0.3) is 11.0 Å². The van der Waals surface area contributed by atoms with Crippen LogP contribution in [0.5, 0.6) is 0 Å². The summed E-state index contributed by atoms with van der Waals surface area (Å²) in [7, 11) is 1.94. The van der Waals surface area contributed by atoms with Gasteiger partial charge in [-0.25, -0.2) is 4.98 Å². The second kappa shape index (κ2) is 6.72. The molecule has 0 aliphatic rings. The van der Waals surface area contributed by atoms with Crippen molar-refractivity contribution < 1.29 is 4.79 Å². The SMILES string of the molecule is CCCNC(=O)[C@@H](C)N(C)Cc1nc2c(C)cccc2[nH]1. The Kier molecular flexibility index (Phi) is 4.96. The van der Waals surface area contributed by atoms with Gasteiger partial charge in [0.2, 0.25) is 5.91 Å². The third kappa shape index (κ3) is 3.61. The minimum absolute atomic E-state index is 0.0617. The van der Waals surface area contributed by atoms with E-state index in [1.807, 2.05) is 37.9 Å². The zero-order valence-electron chi connectivity index (χ0n) is 13.2. The quantitative estimate of drug-likeness (QED) is 0.857. The van der Waals surface area contributed by atoms with Gasteiger partial charge in [0.05, 0.1) is 23.6 Å². The lowest BCUT2D eigenvalue weighted by molar-refractivity contribution is -0.125. The number of aryl methyl sites for hydroxylation is 1. The van der Waals surface area contributed by atoms with E-state index in [0.717, 1.165) is 35.4 Å². The normalized spacial score (nSPS) is 12.8. The van der Waals surface area contributed by atoms with Crippen LogP contribution in [0.2, 0.25) is 0 Å². The van der Waals surface area contributed by atoms with E-state index in [2.05, 4.69) is 28.3 Å². The molecule has 1 amide bonds. The highest BCUT2D eigenvalue weighted by atomic mass is 16.2. The van der Waals surface area contributed by atoms with Crippen molar-refractivity contribution in [2.45, 2.75) is 39.8 Å². The number of para-hydroxylation sites is 1. The minimum Gasteiger partial charge on any atom is -0.355 e. The molecule has 114 valence electrons. The molecule has 0 saturated carbocycles. The topological polar surface area (TPSA) is 61.0 Å². The Bertz CT molecular complexity index is 620. The van der Waals surface area contributed by atoms with Gasteiger partial charge < -0.3 is 10.3 Å². The number of nitrogens with zero attached hydrogens (tertiary/aromatic N) is 2. The molecule has 0 unspecified atom stereocenters. The maximum Gasteiger partial charge on any atom is 0.237 e. The number of aromatic nitrogens is 2. The van der Waals surface area contributed by atoms with Crippen LogP contribution in [-0.4, -0.2) is 40.4 Å². The van der Waals surface area contributed by atoms with Gasteiger partial charge in [0.1, 0.15) is 5.82 Å². The summed E-state index contributed by atoms with van der Waals surface area (Å²) in [6, 6.07) is 5.92. The maximum absolute atomic E-state index is 12.0. The van der Waals surface area contributed by atoms with Gasteiger partial charge in [0, 0.05) is 6.54 Å². The lowest BCUT2D eigenvalue weighted by atomic mass is 10.2. The molecule has 2 rings (SSSR count). The van der Waals surface area contributed by atoms with Gasteiger partial charge in [-0.15, -0.1) is 0 Å². The average Bonchev–Trinajstić information content (AvgIpc) is 2.87. The summed E-state index contributed by atoms with van der Waals surface area (Å²) >= 11 is 0. The molecule has 1 atom stereocenters. The molecule has 21 heavy (non-hydrogen) atoms. The first kappa shape index (κ1) is 15.5. The van der Waals surface area contributed by atoms with Gasteiger partial charge >= 0.3 is 0 Å². The highest BCUT2D eigenvalue weighted by molar-refractivity contribution is 5.81. The third-order valence-electron chi connectivity index (χ3n) is 3.75. The molecule has 0 aliphatic heterocycles. The summed E-state index contributed by atoms with van der Waals surface area (Å²) < 4.78 is 0. The molecule has 0 fully saturated rings. The number of rotatable bonds is 6. The van der Waals surface area contributed by atoms with Gasteiger partial charge in [0.25, 0.3) is 0 Å². The predicted octanol–water partition coefficient (Wildman–Crippen LogP) is 2.22. The Labute approximate surface area is 125 Å². The van der Waals surface area contributed by atoms with E-state index in [1.54, 1.807) is 0 Å². The summed E-state index contributed by atoms with van der Waals surface area (Å²) in [4.78, 5) is 21.9. The minimum atomic E-state index is -0.175. The van der Waals surface area contributed by atoms with Gasteiger partial charge in [-0.05, 0) is 38.9 Å². The van der Waals surface area contributed by atoms with Crippen LogP contribution in [-0.2, 0) is 11.3 Å². The number of amides is 1. The lowest BCUT2D eigenvalue weighted by Crippen LogP contribution is -2.43. The Balaban J connectivity index is 2.05. The Hall–Kier alpha value is -1.88. The van der Waals surface area contributed by atoms with Crippen molar-refractivity contribution in [3.8, 4) is 0 Å². The zero-order chi connectivity index (χ0) is 15.4. The van der Waals surface area contributed by atoms with Crippen LogP contribution in [0.1, 0.15) is 31.7 Å². The number of nitrogens with one attached hydrogen (secondary N) is 2. The molecule has 1 aromatic carbocycles. The van der Waals surface area contributed by atoms with Crippen LogP contribution in [0.3, 0.4) is 0 Å². The van der Waals surface area contributed by atoms with Gasteiger partial charge in [-0.2, -0.15) is 0 Å². The molecular weight excluding hydrogens is 264 g/mol. The second-order valence-corrected chi connectivity index (χ2v) is 5.54. The van der Waals surface area contributed by atoms with Crippen LogP contribution in [0.4, 0.5) is 0 Å². The number of benzene rings is 1. The van der Waals surface area contributed by atoms with Crippen molar-refractivity contribution in [1.82, 2.24) is 20.2 Å². The summed E-state index contributed by atoms with van der Waals surface area (Å²) in [5.41, 5.74) is 3.21. The van der Waals surface area contributed by atoms with E-state index in [4.69, 9.17) is 0 Å². The van der Waals surface area contributed by atoms with E-state index in [0.29, 0.717) is 6.54 Å². The fourth-order valence-corrected chi connectivity index (χ4v) is 2.27. The van der Waals surface area contributed by atoms with Gasteiger partial charge in [-0.3, -0.25) is 9.69 Å². The lowest BCUT2D eigenvalue weighted by Gasteiger charge is -2.22. The van der Waals surface area contributed by atoms with Crippen molar-refractivity contribution >= 4 is 16.9 Å². The van der Waals surface area contributed by atoms with Crippen molar-refractivity contribution in [2.75, 3.05) is 13.6 Å². The largest absolute Gasteiger partial charge is 0.355 e. The third-order valence-corrected chi connectivity index (χ3v) is 3.75. The Morgan fingerprint density at radius 2 is 2.24 bits per heavy atom. The number of aromatic amines is 1. The molecule has 0 bridgehead atoms. The average molecular weight is 288 g/mol. The molecule has 2 aromatic rings. The Morgan fingerprint density at radius 3 is 2.90 bits per heavy atom. The highest BCUT2D eigenvalue weighted by Gasteiger charge is 2.18. The Morgan fingerprint density at radius 1 is 1.48 bits per heavy atom. The standard InChI is InChI=1S/C16H24N4O/c1-5-9-17-16(21)12(3)20(4)10-14-18-13-8-6-7-11(2)15(13)19-14/h6-8,12H,5,9-10H2,1-4H3,(H,17,21)(H,18,19)/t12-/m1/s1. The number of imidazole rings is 1. The summed E-state index contributed by atoms with van der Waals surface area (Å²) in [6.45, 7) is 7.36. The zero-order valence-corrected chi connectivity index (χ0v) is 13.2. The fraction of sp³-hybridized carbons (Fsp3) is 0.500. The first-order valence-corrected chi connectivity index (χ1v) is 7.45. The van der Waals surface area contributed by atoms with Crippen LogP contribution in [0.15, 0.2) is 18.2 Å². The van der Waals surface area contributed by atoms with Crippen LogP contribution < -0.4 is 5.32 Å². The number of carbonyl (C=O) groups excluding carboxylic acids is 1. The summed E-state index contributed by atoms with van der Waals surface area (Å²) in [5.74, 6) is 0.948.